The number of thiophene rings is 1. The van der Waals surface area contributed by atoms with Crippen molar-refractivity contribution in [2.45, 2.75) is 13.1 Å². The molecular formula is C10H9BrN6S. The van der Waals surface area contributed by atoms with Crippen LogP contribution in [0.4, 0.5) is 0 Å². The van der Waals surface area contributed by atoms with Crippen LogP contribution in [0.2, 0.25) is 0 Å². The molecule has 3 rings (SSSR count). The summed E-state index contributed by atoms with van der Waals surface area (Å²) in [7, 11) is 0. The number of aryl methyl sites for hydroxylation is 2. The molecule has 0 aliphatic rings. The molecule has 0 unspecified atom stereocenters. The van der Waals surface area contributed by atoms with Crippen LogP contribution >= 0.6 is 27.3 Å². The van der Waals surface area contributed by atoms with Crippen molar-refractivity contribution in [1.82, 2.24) is 30.0 Å². The number of halogens is 1. The van der Waals surface area contributed by atoms with Crippen molar-refractivity contribution in [3.8, 4) is 10.7 Å². The molecule has 3 aromatic heterocycles. The number of nitrogens with zero attached hydrogens (tertiary/aromatic N) is 6. The Bertz CT molecular complexity index is 628. The van der Waals surface area contributed by atoms with Crippen molar-refractivity contribution < 1.29 is 0 Å². The highest BCUT2D eigenvalue weighted by molar-refractivity contribution is 9.10. The zero-order chi connectivity index (χ0) is 12.4. The van der Waals surface area contributed by atoms with Crippen LogP contribution in [0.1, 0.15) is 0 Å². The molecule has 0 N–H and O–H groups in total. The molecule has 0 amide bonds. The monoisotopic (exact) mass is 324 g/mol. The summed E-state index contributed by atoms with van der Waals surface area (Å²) in [6.07, 6.45) is 3.67. The maximum atomic E-state index is 4.33. The van der Waals surface area contributed by atoms with Crippen molar-refractivity contribution in [3.05, 3.63) is 34.4 Å². The Balaban J connectivity index is 1.67. The molecule has 8 heteroatoms. The molecule has 0 atom stereocenters. The van der Waals surface area contributed by atoms with E-state index in [1.54, 1.807) is 22.3 Å². The van der Waals surface area contributed by atoms with Gasteiger partial charge in [-0.3, -0.25) is 4.68 Å². The lowest BCUT2D eigenvalue weighted by Gasteiger charge is -1.98. The van der Waals surface area contributed by atoms with Gasteiger partial charge in [0.1, 0.15) is 0 Å². The fraction of sp³-hybridized carbons (Fsp3) is 0.200. The average Bonchev–Trinajstić information content (AvgIpc) is 3.07. The summed E-state index contributed by atoms with van der Waals surface area (Å²) in [6.45, 7) is 1.36. The van der Waals surface area contributed by atoms with E-state index in [4.69, 9.17) is 0 Å². The summed E-state index contributed by atoms with van der Waals surface area (Å²) in [6, 6.07) is 3.96. The van der Waals surface area contributed by atoms with Gasteiger partial charge in [-0.05, 0) is 32.6 Å². The van der Waals surface area contributed by atoms with Gasteiger partial charge >= 0.3 is 0 Å². The van der Waals surface area contributed by atoms with E-state index in [1.165, 1.54) is 0 Å². The van der Waals surface area contributed by atoms with Gasteiger partial charge in [0.25, 0.3) is 0 Å². The summed E-state index contributed by atoms with van der Waals surface area (Å²) >= 11 is 4.96. The third kappa shape index (κ3) is 2.49. The minimum atomic E-state index is 0.645. The predicted molar refractivity (Wildman–Crippen MR) is 71.1 cm³/mol. The molecule has 0 spiro atoms. The summed E-state index contributed by atoms with van der Waals surface area (Å²) < 4.78 is 2.80. The molecular weight excluding hydrogens is 316 g/mol. The third-order valence-corrected chi connectivity index (χ3v) is 3.60. The van der Waals surface area contributed by atoms with Crippen LogP contribution in [-0.4, -0.2) is 30.0 Å². The molecule has 3 heterocycles. The number of tetrazole rings is 1. The summed E-state index contributed by atoms with van der Waals surface area (Å²) in [5.74, 6) is 0.673. The largest absolute Gasteiger partial charge is 0.270 e. The molecule has 0 saturated heterocycles. The molecule has 0 aromatic carbocycles. The molecule has 18 heavy (non-hydrogen) atoms. The molecule has 6 nitrogen and oxygen atoms in total. The van der Waals surface area contributed by atoms with Gasteiger partial charge in [-0.1, -0.05) is 6.07 Å². The lowest BCUT2D eigenvalue weighted by atomic mass is 10.5. The maximum absolute atomic E-state index is 4.33. The van der Waals surface area contributed by atoms with Gasteiger partial charge in [0.15, 0.2) is 0 Å². The van der Waals surface area contributed by atoms with Crippen LogP contribution in [0.15, 0.2) is 34.4 Å². The lowest BCUT2D eigenvalue weighted by molar-refractivity contribution is 0.450. The Morgan fingerprint density at radius 2 is 2.28 bits per heavy atom. The molecule has 0 bridgehead atoms. The topological polar surface area (TPSA) is 61.4 Å². The van der Waals surface area contributed by atoms with E-state index >= 15 is 0 Å². The molecule has 0 saturated carbocycles. The first-order valence-electron chi connectivity index (χ1n) is 5.31. The highest BCUT2D eigenvalue weighted by atomic mass is 79.9. The molecule has 92 valence electrons. The fourth-order valence-corrected chi connectivity index (χ4v) is 2.47. The maximum Gasteiger partial charge on any atom is 0.214 e. The second-order valence-corrected chi connectivity index (χ2v) is 5.47. The van der Waals surface area contributed by atoms with Gasteiger partial charge in [0.05, 0.1) is 28.6 Å². The fourth-order valence-electron chi connectivity index (χ4n) is 1.49. The van der Waals surface area contributed by atoms with Crippen molar-refractivity contribution in [2.75, 3.05) is 0 Å². The first-order chi connectivity index (χ1) is 8.81. The number of hydrogen-bond donors (Lipinski definition) is 0. The second-order valence-electron chi connectivity index (χ2n) is 3.61. The van der Waals surface area contributed by atoms with Gasteiger partial charge < -0.3 is 0 Å². The van der Waals surface area contributed by atoms with E-state index in [0.717, 1.165) is 9.35 Å². The molecule has 3 aromatic rings. The average molecular weight is 325 g/mol. The Hall–Kier alpha value is -1.54. The van der Waals surface area contributed by atoms with E-state index in [2.05, 4.69) is 36.4 Å². The SMILES string of the molecule is Brc1cnn(CCn2nnc(-c3cccs3)n2)c1. The van der Waals surface area contributed by atoms with Crippen LogP contribution < -0.4 is 0 Å². The van der Waals surface area contributed by atoms with Crippen LogP contribution in [0.5, 0.6) is 0 Å². The first kappa shape index (κ1) is 11.5. The standard InChI is InChI=1S/C10H9BrN6S/c11-8-6-12-16(7-8)3-4-17-14-10(13-15-17)9-2-1-5-18-9/h1-2,5-7H,3-4H2. The van der Waals surface area contributed by atoms with Gasteiger partial charge in [-0.2, -0.15) is 9.90 Å². The van der Waals surface area contributed by atoms with Gasteiger partial charge in [-0.15, -0.1) is 21.5 Å². The lowest BCUT2D eigenvalue weighted by Crippen LogP contribution is -2.10. The van der Waals surface area contributed by atoms with Gasteiger partial charge in [-0.25, -0.2) is 0 Å². The second kappa shape index (κ2) is 4.99. The summed E-state index contributed by atoms with van der Waals surface area (Å²) in [5, 5.41) is 18.5. The van der Waals surface area contributed by atoms with Crippen LogP contribution in [-0.2, 0) is 13.1 Å². The highest BCUT2D eigenvalue weighted by Gasteiger charge is 2.06. The Morgan fingerprint density at radius 1 is 1.33 bits per heavy atom. The minimum absolute atomic E-state index is 0.645. The van der Waals surface area contributed by atoms with E-state index in [0.29, 0.717) is 18.9 Å². The number of hydrogen-bond acceptors (Lipinski definition) is 5. The predicted octanol–water partition coefficient (Wildman–Crippen LogP) is 2.06. The Kier molecular flexibility index (Phi) is 3.20. The van der Waals surface area contributed by atoms with Gasteiger partial charge in [0.2, 0.25) is 5.82 Å². The normalized spacial score (nSPS) is 10.9. The summed E-state index contributed by atoms with van der Waals surface area (Å²) in [5.41, 5.74) is 0. The van der Waals surface area contributed by atoms with E-state index in [9.17, 15) is 0 Å². The van der Waals surface area contributed by atoms with Gasteiger partial charge in [0, 0.05) is 6.20 Å². The van der Waals surface area contributed by atoms with Crippen molar-refractivity contribution >= 4 is 27.3 Å². The van der Waals surface area contributed by atoms with Crippen molar-refractivity contribution in [3.63, 3.8) is 0 Å². The number of aromatic nitrogens is 6. The zero-order valence-corrected chi connectivity index (χ0v) is 11.7. The zero-order valence-electron chi connectivity index (χ0n) is 9.27. The molecule has 0 radical (unpaired) electrons. The Labute approximate surface area is 115 Å². The van der Waals surface area contributed by atoms with Crippen LogP contribution in [0.3, 0.4) is 0 Å². The van der Waals surface area contributed by atoms with Crippen molar-refractivity contribution in [1.29, 1.82) is 0 Å². The smallest absolute Gasteiger partial charge is 0.214 e. The third-order valence-electron chi connectivity index (χ3n) is 2.33. The van der Waals surface area contributed by atoms with E-state index in [-0.39, 0.29) is 0 Å². The molecule has 0 aliphatic heterocycles. The minimum Gasteiger partial charge on any atom is -0.270 e. The molecule has 0 aliphatic carbocycles. The van der Waals surface area contributed by atoms with Crippen LogP contribution in [0, 0.1) is 0 Å². The first-order valence-corrected chi connectivity index (χ1v) is 6.98. The quantitative estimate of drug-likeness (QED) is 0.737. The Morgan fingerprint density at radius 3 is 3.00 bits per heavy atom. The van der Waals surface area contributed by atoms with Crippen LogP contribution in [0.25, 0.3) is 10.7 Å². The summed E-state index contributed by atoms with van der Waals surface area (Å²) in [4.78, 5) is 2.62. The van der Waals surface area contributed by atoms with Crippen molar-refractivity contribution in [2.24, 2.45) is 0 Å². The number of rotatable bonds is 4. The highest BCUT2D eigenvalue weighted by Crippen LogP contribution is 2.19. The molecule has 0 fully saturated rings. The van der Waals surface area contributed by atoms with E-state index in [1.807, 2.05) is 28.4 Å². The van der Waals surface area contributed by atoms with E-state index < -0.39 is 0 Å².